The van der Waals surface area contributed by atoms with E-state index in [0.717, 1.165) is 68.9 Å². The zero-order valence-corrected chi connectivity index (χ0v) is 17.6. The molecule has 2 fully saturated rings. The fourth-order valence-electron chi connectivity index (χ4n) is 4.44. The van der Waals surface area contributed by atoms with Crippen LogP contribution in [-0.2, 0) is 10.2 Å². The number of rotatable bonds is 2. The number of hydrogen-bond acceptors (Lipinski definition) is 5. The van der Waals surface area contributed by atoms with Crippen LogP contribution in [-0.4, -0.2) is 68.2 Å². The zero-order valence-electron chi connectivity index (χ0n) is 17.6. The molecule has 2 saturated heterocycles. The molecule has 28 heavy (non-hydrogen) atoms. The van der Waals surface area contributed by atoms with Crippen molar-refractivity contribution in [2.45, 2.75) is 70.3 Å². The van der Waals surface area contributed by atoms with Gasteiger partial charge in [-0.1, -0.05) is 20.8 Å². The van der Waals surface area contributed by atoms with Crippen LogP contribution in [0.5, 0.6) is 0 Å². The zero-order chi connectivity index (χ0) is 19.9. The normalized spacial score (nSPS) is 23.4. The Morgan fingerprint density at radius 2 is 1.75 bits per heavy atom. The first-order valence-corrected chi connectivity index (χ1v) is 10.6. The average Bonchev–Trinajstić information content (AvgIpc) is 3.02. The van der Waals surface area contributed by atoms with Crippen molar-refractivity contribution in [3.05, 3.63) is 23.7 Å². The summed E-state index contributed by atoms with van der Waals surface area (Å²) in [6.07, 6.45) is 5.22. The van der Waals surface area contributed by atoms with Gasteiger partial charge in [0.1, 0.15) is 0 Å². The minimum atomic E-state index is -0.00896. The van der Waals surface area contributed by atoms with Crippen LogP contribution in [0.4, 0.5) is 0 Å². The molecule has 2 aromatic rings. The highest BCUT2D eigenvalue weighted by Crippen LogP contribution is 2.30. The van der Waals surface area contributed by atoms with E-state index in [2.05, 4.69) is 35.9 Å². The number of piperidine rings is 1. The molecule has 0 spiro atoms. The van der Waals surface area contributed by atoms with Gasteiger partial charge in [0, 0.05) is 24.9 Å². The minimum absolute atomic E-state index is 0.00896. The number of hydrogen-bond donors (Lipinski definition) is 0. The van der Waals surface area contributed by atoms with Gasteiger partial charge >= 0.3 is 0 Å². The van der Waals surface area contributed by atoms with Crippen molar-refractivity contribution >= 4 is 11.6 Å². The monoisotopic (exact) mass is 384 g/mol. The first-order valence-electron chi connectivity index (χ1n) is 10.6. The van der Waals surface area contributed by atoms with E-state index in [4.69, 9.17) is 5.10 Å². The lowest BCUT2D eigenvalue weighted by Gasteiger charge is -2.36. The topological polar surface area (TPSA) is 66.6 Å². The van der Waals surface area contributed by atoms with Crippen molar-refractivity contribution in [3.63, 3.8) is 0 Å². The summed E-state index contributed by atoms with van der Waals surface area (Å²) in [5.41, 5.74) is 1.85. The molecule has 1 atom stereocenters. The van der Waals surface area contributed by atoms with Crippen LogP contribution in [0.1, 0.15) is 70.3 Å². The summed E-state index contributed by atoms with van der Waals surface area (Å²) in [6.45, 7) is 9.27. The van der Waals surface area contributed by atoms with E-state index in [1.54, 1.807) is 0 Å². The third kappa shape index (κ3) is 3.64. The van der Waals surface area contributed by atoms with Gasteiger partial charge in [-0.15, -0.1) is 10.2 Å². The Morgan fingerprint density at radius 1 is 1.00 bits per heavy atom. The van der Waals surface area contributed by atoms with Crippen molar-refractivity contribution in [2.75, 3.05) is 26.7 Å². The maximum atomic E-state index is 12.7. The first-order chi connectivity index (χ1) is 13.3. The summed E-state index contributed by atoms with van der Waals surface area (Å²) in [5, 5.41) is 13.7. The van der Waals surface area contributed by atoms with Crippen molar-refractivity contribution < 1.29 is 4.79 Å². The van der Waals surface area contributed by atoms with Crippen LogP contribution in [0.25, 0.3) is 5.65 Å². The lowest BCUT2D eigenvalue weighted by molar-refractivity contribution is -0.135. The van der Waals surface area contributed by atoms with Gasteiger partial charge in [-0.2, -0.15) is 9.61 Å². The molecule has 7 heteroatoms. The molecule has 7 nitrogen and oxygen atoms in total. The molecule has 0 radical (unpaired) electrons. The minimum Gasteiger partial charge on any atom is -0.344 e. The molecular formula is C21H32N6O. The van der Waals surface area contributed by atoms with Gasteiger partial charge < -0.3 is 4.90 Å². The predicted molar refractivity (Wildman–Crippen MR) is 108 cm³/mol. The van der Waals surface area contributed by atoms with E-state index in [9.17, 15) is 4.79 Å². The van der Waals surface area contributed by atoms with Crippen LogP contribution in [0, 0.1) is 0 Å². The molecule has 0 saturated carbocycles. The summed E-state index contributed by atoms with van der Waals surface area (Å²) in [7, 11) is 1.94. The Labute approximate surface area is 167 Å². The fourth-order valence-corrected chi connectivity index (χ4v) is 4.44. The van der Waals surface area contributed by atoms with E-state index in [1.165, 1.54) is 0 Å². The smallest absolute Gasteiger partial charge is 0.239 e. The predicted octanol–water partition coefficient (Wildman–Crippen LogP) is 2.61. The van der Waals surface area contributed by atoms with E-state index >= 15 is 0 Å². The lowest BCUT2D eigenvalue weighted by atomic mass is 9.92. The number of amides is 1. The summed E-state index contributed by atoms with van der Waals surface area (Å²) < 4.78 is 1.94. The van der Waals surface area contributed by atoms with Gasteiger partial charge in [0.15, 0.2) is 11.5 Å². The van der Waals surface area contributed by atoms with E-state index in [-0.39, 0.29) is 11.5 Å². The highest BCUT2D eigenvalue weighted by Gasteiger charge is 2.34. The van der Waals surface area contributed by atoms with Gasteiger partial charge in [-0.05, 0) is 57.3 Å². The summed E-state index contributed by atoms with van der Waals surface area (Å²) in [6, 6.07) is 4.11. The second-order valence-electron chi connectivity index (χ2n) is 9.38. The summed E-state index contributed by atoms with van der Waals surface area (Å²) >= 11 is 0. The van der Waals surface area contributed by atoms with E-state index < -0.39 is 0 Å². The molecule has 152 valence electrons. The van der Waals surface area contributed by atoms with Gasteiger partial charge in [-0.25, -0.2) is 0 Å². The van der Waals surface area contributed by atoms with Crippen LogP contribution in [0.2, 0.25) is 0 Å². The van der Waals surface area contributed by atoms with E-state index in [0.29, 0.717) is 11.8 Å². The molecule has 0 aliphatic carbocycles. The Morgan fingerprint density at radius 3 is 2.46 bits per heavy atom. The largest absolute Gasteiger partial charge is 0.344 e. The summed E-state index contributed by atoms with van der Waals surface area (Å²) in [5.74, 6) is 1.60. The average molecular weight is 385 g/mol. The molecule has 2 aliphatic heterocycles. The number of carbonyl (C=O) groups excluding carboxylic acids is 1. The molecule has 1 unspecified atom stereocenters. The number of carbonyl (C=O) groups is 1. The van der Waals surface area contributed by atoms with E-state index in [1.807, 2.05) is 28.6 Å². The Kier molecular flexibility index (Phi) is 5.12. The SMILES string of the molecule is CN1CCCCC(N2CCC(c3nnc4ccc(C(C)(C)C)nn34)CC2)C1=O. The van der Waals surface area contributed by atoms with Crippen molar-refractivity contribution in [1.29, 1.82) is 0 Å². The van der Waals surface area contributed by atoms with Gasteiger partial charge in [0.05, 0.1) is 11.7 Å². The van der Waals surface area contributed by atoms with Crippen LogP contribution in [0.15, 0.2) is 12.1 Å². The van der Waals surface area contributed by atoms with Gasteiger partial charge in [0.2, 0.25) is 5.91 Å². The third-order valence-electron chi connectivity index (χ3n) is 6.27. The molecule has 4 heterocycles. The molecule has 0 aromatic carbocycles. The maximum absolute atomic E-state index is 12.7. The van der Waals surface area contributed by atoms with Gasteiger partial charge in [0.25, 0.3) is 0 Å². The van der Waals surface area contributed by atoms with Crippen LogP contribution < -0.4 is 0 Å². The molecule has 2 aromatic heterocycles. The standard InChI is InChI=1S/C21H32N6O/c1-21(2,3)17-8-9-18-22-23-19(27(18)24-17)15-10-13-26(14-11-15)16-7-5-6-12-25(4)20(16)28/h8-9,15-16H,5-7,10-14H2,1-4H3. The fraction of sp³-hybridized carbons (Fsp3) is 0.714. The highest BCUT2D eigenvalue weighted by molar-refractivity contribution is 5.81. The van der Waals surface area contributed by atoms with Crippen molar-refractivity contribution in [1.82, 2.24) is 29.6 Å². The first kappa shape index (κ1) is 19.3. The molecule has 0 bridgehead atoms. The maximum Gasteiger partial charge on any atom is 0.239 e. The number of nitrogens with zero attached hydrogens (tertiary/aromatic N) is 6. The number of likely N-dealkylation sites (tertiary alicyclic amines) is 2. The second-order valence-corrected chi connectivity index (χ2v) is 9.38. The molecular weight excluding hydrogens is 352 g/mol. The summed E-state index contributed by atoms with van der Waals surface area (Å²) in [4.78, 5) is 17.0. The number of fused-ring (bicyclic) bond motifs is 1. The van der Waals surface area contributed by atoms with Gasteiger partial charge in [-0.3, -0.25) is 9.69 Å². The molecule has 0 N–H and O–H groups in total. The quantitative estimate of drug-likeness (QED) is 0.796. The molecule has 2 aliphatic rings. The Balaban J connectivity index is 1.50. The Hall–Kier alpha value is -2.02. The Bertz CT molecular complexity index is 846. The highest BCUT2D eigenvalue weighted by atomic mass is 16.2. The van der Waals surface area contributed by atoms with Crippen LogP contribution >= 0.6 is 0 Å². The molecule has 1 amide bonds. The van der Waals surface area contributed by atoms with Crippen molar-refractivity contribution in [3.8, 4) is 0 Å². The second kappa shape index (κ2) is 7.43. The number of likely N-dealkylation sites (N-methyl/N-ethyl adjacent to an activating group) is 1. The number of aromatic nitrogens is 4. The third-order valence-corrected chi connectivity index (χ3v) is 6.27. The van der Waals surface area contributed by atoms with Crippen LogP contribution in [0.3, 0.4) is 0 Å². The molecule has 4 rings (SSSR count). The van der Waals surface area contributed by atoms with Crippen molar-refractivity contribution in [2.24, 2.45) is 0 Å². The lowest BCUT2D eigenvalue weighted by Crippen LogP contribution is -2.49.